The molecule has 2 aliphatic rings. The first-order chi connectivity index (χ1) is 17.5. The second kappa shape index (κ2) is 9.41. The molecule has 3 aromatic rings. The van der Waals surface area contributed by atoms with Crippen LogP contribution in [0, 0.1) is 5.41 Å². The van der Waals surface area contributed by atoms with E-state index in [1.165, 1.54) is 12.1 Å². The number of rotatable bonds is 2. The zero-order chi connectivity index (χ0) is 26.4. The van der Waals surface area contributed by atoms with E-state index in [-0.39, 0.29) is 16.4 Å². The molecule has 0 saturated heterocycles. The second-order valence-corrected chi connectivity index (χ2v) is 11.1. The van der Waals surface area contributed by atoms with Gasteiger partial charge in [-0.05, 0) is 64.6 Å². The van der Waals surface area contributed by atoms with Crippen molar-refractivity contribution in [1.82, 2.24) is 0 Å². The molecule has 3 aromatic carbocycles. The van der Waals surface area contributed by atoms with Gasteiger partial charge < -0.3 is 0 Å². The van der Waals surface area contributed by atoms with Gasteiger partial charge in [-0.15, -0.1) is 0 Å². The predicted molar refractivity (Wildman–Crippen MR) is 141 cm³/mol. The van der Waals surface area contributed by atoms with Gasteiger partial charge in [0.25, 0.3) is 0 Å². The maximum absolute atomic E-state index is 13.5. The number of carbonyl (C=O) groups is 1. The van der Waals surface area contributed by atoms with Crippen LogP contribution in [-0.4, -0.2) is 22.2 Å². The molecule has 1 atom stereocenters. The van der Waals surface area contributed by atoms with Gasteiger partial charge in [-0.1, -0.05) is 68.4 Å². The van der Waals surface area contributed by atoms with Crippen LogP contribution in [0.1, 0.15) is 53.2 Å². The average molecular weight is 523 g/mol. The Kier molecular flexibility index (Phi) is 6.40. The Morgan fingerprint density at radius 3 is 2.32 bits per heavy atom. The number of para-hydroxylation sites is 1. The molecular weight excluding hydrogens is 495 g/mol. The van der Waals surface area contributed by atoms with Gasteiger partial charge in [-0.2, -0.15) is 13.2 Å². The molecule has 0 saturated carbocycles. The van der Waals surface area contributed by atoms with Crippen LogP contribution in [0.2, 0.25) is 0 Å². The van der Waals surface area contributed by atoms with Crippen molar-refractivity contribution >= 4 is 28.5 Å². The minimum absolute atomic E-state index is 0.116. The van der Waals surface area contributed by atoms with Gasteiger partial charge in [0.1, 0.15) is 5.03 Å². The van der Waals surface area contributed by atoms with Crippen molar-refractivity contribution in [3.63, 3.8) is 0 Å². The molecule has 2 aliphatic heterocycles. The number of allylic oxidation sites excluding steroid dienone is 1. The Hall–Kier alpha value is -3.52. The molecule has 4 nitrogen and oxygen atoms in total. The van der Waals surface area contributed by atoms with Crippen molar-refractivity contribution in [2.45, 2.75) is 32.4 Å². The number of thioether (sulfide) groups is 1. The third kappa shape index (κ3) is 5.03. The Morgan fingerprint density at radius 2 is 1.65 bits per heavy atom. The Labute approximate surface area is 218 Å². The third-order valence-corrected chi connectivity index (χ3v) is 7.79. The number of benzene rings is 3. The number of nitrogens with two attached hydrogens (primary N) is 1. The van der Waals surface area contributed by atoms with Crippen molar-refractivity contribution in [3.05, 3.63) is 112 Å². The maximum Gasteiger partial charge on any atom is 0.416 e. The van der Waals surface area contributed by atoms with E-state index in [4.69, 9.17) is 5.73 Å². The van der Waals surface area contributed by atoms with Crippen LogP contribution in [0.4, 0.5) is 18.9 Å². The van der Waals surface area contributed by atoms with E-state index in [9.17, 15) is 18.0 Å². The van der Waals surface area contributed by atoms with Crippen LogP contribution in [0.3, 0.4) is 0 Å². The molecule has 0 fully saturated rings. The quantitative estimate of drug-likeness (QED) is 0.287. The topological polar surface area (TPSA) is 58.1 Å². The summed E-state index contributed by atoms with van der Waals surface area (Å²) in [6.07, 6.45) is -3.76. The number of guanidine groups is 1. The van der Waals surface area contributed by atoms with Crippen molar-refractivity contribution in [2.75, 3.05) is 11.9 Å². The standard InChI is InChI=1S/C29H26F3N3OS/c1-28(2)16-23-24(18-12-14-19(15-13-18)29(30,31)32)21-10-6-7-11-22(21)26(36)37-25(23)35(17-28)27(33)34-20-8-4-3-5-9-20/h3-15,24H,16-17H2,1-2H3,(H2,33,34)/p+1/t24-/m0/s1. The second-order valence-electron chi connectivity index (χ2n) is 10.2. The summed E-state index contributed by atoms with van der Waals surface area (Å²) >= 11 is 1.13. The maximum atomic E-state index is 13.5. The highest BCUT2D eigenvalue weighted by Crippen LogP contribution is 2.50. The van der Waals surface area contributed by atoms with Gasteiger partial charge in [0.15, 0.2) is 0 Å². The fraction of sp³-hybridized carbons (Fsp3) is 0.241. The Bertz CT molecular complexity index is 1410. The first-order valence-electron chi connectivity index (χ1n) is 12.0. The van der Waals surface area contributed by atoms with Gasteiger partial charge in [0.05, 0.1) is 17.8 Å². The van der Waals surface area contributed by atoms with E-state index >= 15 is 0 Å². The van der Waals surface area contributed by atoms with Crippen LogP contribution in [0.5, 0.6) is 0 Å². The summed E-state index contributed by atoms with van der Waals surface area (Å²) in [4.78, 5) is 13.5. The zero-order valence-electron chi connectivity index (χ0n) is 20.5. The van der Waals surface area contributed by atoms with Gasteiger partial charge >= 0.3 is 12.1 Å². The number of fused-ring (bicyclic) bond motifs is 1. The van der Waals surface area contributed by atoms with Gasteiger partial charge in [-0.25, -0.2) is 9.89 Å². The molecule has 8 heteroatoms. The van der Waals surface area contributed by atoms with Crippen molar-refractivity contribution in [1.29, 1.82) is 0 Å². The molecule has 0 amide bonds. The Morgan fingerprint density at radius 1 is 1.00 bits per heavy atom. The summed E-state index contributed by atoms with van der Waals surface area (Å²) < 4.78 is 41.9. The summed E-state index contributed by atoms with van der Waals surface area (Å²) in [7, 11) is 0. The van der Waals surface area contributed by atoms with E-state index in [1.807, 2.05) is 53.1 Å². The molecule has 0 aliphatic carbocycles. The highest BCUT2D eigenvalue weighted by molar-refractivity contribution is 8.17. The molecule has 37 heavy (non-hydrogen) atoms. The summed E-state index contributed by atoms with van der Waals surface area (Å²) in [6, 6.07) is 22.2. The average Bonchev–Trinajstić information content (AvgIpc) is 2.97. The van der Waals surface area contributed by atoms with E-state index in [0.29, 0.717) is 30.1 Å². The van der Waals surface area contributed by atoms with Crippen molar-refractivity contribution in [2.24, 2.45) is 11.1 Å². The lowest BCUT2D eigenvalue weighted by Gasteiger charge is -2.36. The molecule has 0 radical (unpaired) electrons. The molecule has 0 spiro atoms. The zero-order valence-corrected chi connectivity index (χ0v) is 21.3. The fourth-order valence-electron chi connectivity index (χ4n) is 5.11. The van der Waals surface area contributed by atoms with Crippen molar-refractivity contribution in [3.8, 4) is 0 Å². The lowest BCUT2D eigenvalue weighted by molar-refractivity contribution is -0.488. The van der Waals surface area contributed by atoms with Gasteiger partial charge in [0.2, 0.25) is 5.12 Å². The van der Waals surface area contributed by atoms with Crippen LogP contribution >= 0.6 is 11.8 Å². The number of carbonyl (C=O) groups excluding carboxylic acids is 1. The highest BCUT2D eigenvalue weighted by atomic mass is 32.2. The van der Waals surface area contributed by atoms with E-state index in [1.54, 1.807) is 6.07 Å². The fourth-order valence-corrected chi connectivity index (χ4v) is 6.17. The highest BCUT2D eigenvalue weighted by Gasteiger charge is 2.42. The van der Waals surface area contributed by atoms with Crippen LogP contribution < -0.4 is 11.1 Å². The molecule has 0 unspecified atom stereocenters. The van der Waals surface area contributed by atoms with Gasteiger partial charge in [0, 0.05) is 11.5 Å². The lowest BCUT2D eigenvalue weighted by atomic mass is 9.74. The van der Waals surface area contributed by atoms with Crippen LogP contribution in [0.25, 0.3) is 0 Å². The largest absolute Gasteiger partial charge is 0.416 e. The molecule has 3 N–H and O–H groups in total. The monoisotopic (exact) mass is 522 g/mol. The minimum Gasteiger partial charge on any atom is -0.290 e. The number of nitrogens with zero attached hydrogens (tertiary/aromatic N) is 1. The van der Waals surface area contributed by atoms with Gasteiger partial charge in [-0.3, -0.25) is 10.5 Å². The first kappa shape index (κ1) is 25.1. The summed E-state index contributed by atoms with van der Waals surface area (Å²) in [5, 5.41) is 3.87. The SMILES string of the molecule is CC1(C)CC2=C(SC(=O)c3ccccc3[C@@H]2c2ccc(C(F)(F)F)cc2)[N+](=C(N)Nc2ccccc2)C1. The molecule has 2 heterocycles. The first-order valence-corrected chi connectivity index (χ1v) is 12.8. The predicted octanol–water partition coefficient (Wildman–Crippen LogP) is 6.81. The van der Waals surface area contributed by atoms with Crippen LogP contribution in [0.15, 0.2) is 89.5 Å². The summed E-state index contributed by atoms with van der Waals surface area (Å²) in [5.74, 6) is 0.00272. The number of anilines is 1. The molecule has 5 rings (SSSR count). The van der Waals surface area contributed by atoms with E-state index in [0.717, 1.165) is 45.7 Å². The molecule has 0 bridgehead atoms. The lowest BCUT2D eigenvalue weighted by Crippen LogP contribution is -2.42. The summed E-state index contributed by atoms with van der Waals surface area (Å²) in [6.45, 7) is 4.84. The normalized spacial score (nSPS) is 20.6. The van der Waals surface area contributed by atoms with Crippen LogP contribution in [-0.2, 0) is 6.18 Å². The number of hydrogen-bond donors (Lipinski definition) is 2. The number of halogens is 3. The summed E-state index contributed by atoms with van der Waals surface area (Å²) in [5.41, 5.74) is 9.53. The number of alkyl halides is 3. The van der Waals surface area contributed by atoms with E-state index in [2.05, 4.69) is 19.2 Å². The molecule has 0 aromatic heterocycles. The van der Waals surface area contributed by atoms with E-state index < -0.39 is 11.7 Å². The minimum atomic E-state index is -4.42. The number of hydrogen-bond acceptors (Lipinski definition) is 2. The smallest absolute Gasteiger partial charge is 0.290 e. The van der Waals surface area contributed by atoms with Crippen molar-refractivity contribution < 1.29 is 22.5 Å². The molecule has 190 valence electrons. The molecular formula is C29H27F3N3OS+. The third-order valence-electron chi connectivity index (χ3n) is 6.71. The number of nitrogens with one attached hydrogen (secondary N) is 1. The Balaban J connectivity index is 1.71.